The van der Waals surface area contributed by atoms with Crippen molar-refractivity contribution in [2.24, 2.45) is 0 Å². The van der Waals surface area contributed by atoms with Crippen LogP contribution in [0, 0.1) is 6.92 Å². The number of rotatable bonds is 2. The van der Waals surface area contributed by atoms with Crippen LogP contribution in [-0.2, 0) is 0 Å². The Hall–Kier alpha value is -0.870. The van der Waals surface area contributed by atoms with E-state index in [4.69, 9.17) is 0 Å². The summed E-state index contributed by atoms with van der Waals surface area (Å²) in [6.07, 6.45) is 5.44. The average molecular weight is 351 g/mol. The molecule has 1 aliphatic carbocycles. The van der Waals surface area contributed by atoms with Crippen LogP contribution in [0.5, 0.6) is 0 Å². The minimum atomic E-state index is 0.180. The van der Waals surface area contributed by atoms with Gasteiger partial charge < -0.3 is 4.90 Å². The minimum Gasteiger partial charge on any atom is -0.336 e. The fourth-order valence-electron chi connectivity index (χ4n) is 3.55. The van der Waals surface area contributed by atoms with Crippen molar-refractivity contribution in [3.05, 3.63) is 33.8 Å². The molecule has 1 amide bonds. The highest BCUT2D eigenvalue weighted by Crippen LogP contribution is 2.25. The Balaban J connectivity index is 1.63. The maximum absolute atomic E-state index is 12.7. The van der Waals surface area contributed by atoms with Crippen molar-refractivity contribution < 1.29 is 4.79 Å². The van der Waals surface area contributed by atoms with Crippen molar-refractivity contribution in [1.82, 2.24) is 9.80 Å². The highest BCUT2D eigenvalue weighted by atomic mass is 79.9. The summed E-state index contributed by atoms with van der Waals surface area (Å²) in [7, 11) is 0. The van der Waals surface area contributed by atoms with E-state index < -0.39 is 0 Å². The van der Waals surface area contributed by atoms with Crippen LogP contribution in [0.3, 0.4) is 0 Å². The molecule has 3 rings (SSSR count). The zero-order chi connectivity index (χ0) is 14.8. The van der Waals surface area contributed by atoms with E-state index in [1.54, 1.807) is 0 Å². The van der Waals surface area contributed by atoms with Crippen LogP contribution in [0.1, 0.15) is 41.6 Å². The van der Waals surface area contributed by atoms with Gasteiger partial charge >= 0.3 is 0 Å². The first-order valence-corrected chi connectivity index (χ1v) is 8.74. The van der Waals surface area contributed by atoms with Crippen LogP contribution in [-0.4, -0.2) is 47.9 Å². The van der Waals surface area contributed by atoms with Crippen molar-refractivity contribution in [3.8, 4) is 0 Å². The second-order valence-corrected chi connectivity index (χ2v) is 7.14. The van der Waals surface area contributed by atoms with E-state index in [0.29, 0.717) is 0 Å². The van der Waals surface area contributed by atoms with E-state index in [9.17, 15) is 4.79 Å². The lowest BCUT2D eigenvalue weighted by Crippen LogP contribution is -2.51. The lowest BCUT2D eigenvalue weighted by molar-refractivity contribution is 0.0572. The third-order valence-corrected chi connectivity index (χ3v) is 5.37. The number of aryl methyl sites for hydroxylation is 1. The summed E-state index contributed by atoms with van der Waals surface area (Å²) in [4.78, 5) is 17.3. The maximum Gasteiger partial charge on any atom is 0.254 e. The second-order valence-electron chi connectivity index (χ2n) is 6.23. The van der Waals surface area contributed by atoms with Crippen molar-refractivity contribution in [2.45, 2.75) is 38.6 Å². The minimum absolute atomic E-state index is 0.180. The number of halogens is 1. The zero-order valence-electron chi connectivity index (χ0n) is 12.6. The third-order valence-electron chi connectivity index (χ3n) is 4.87. The molecule has 0 radical (unpaired) electrons. The van der Waals surface area contributed by atoms with Gasteiger partial charge in [-0.1, -0.05) is 34.8 Å². The van der Waals surface area contributed by atoms with Crippen molar-refractivity contribution in [1.29, 1.82) is 0 Å². The molecule has 0 unspecified atom stereocenters. The molecule has 1 saturated carbocycles. The highest BCUT2D eigenvalue weighted by Gasteiger charge is 2.28. The van der Waals surface area contributed by atoms with Crippen LogP contribution in [0.15, 0.2) is 22.7 Å². The summed E-state index contributed by atoms with van der Waals surface area (Å²) in [5, 5.41) is 0. The smallest absolute Gasteiger partial charge is 0.254 e. The van der Waals surface area contributed by atoms with Crippen molar-refractivity contribution in [2.75, 3.05) is 26.2 Å². The summed E-state index contributed by atoms with van der Waals surface area (Å²) in [6, 6.07) is 6.71. The summed E-state index contributed by atoms with van der Waals surface area (Å²) >= 11 is 3.46. The molecule has 1 aromatic rings. The number of piperazine rings is 1. The third kappa shape index (κ3) is 3.32. The summed E-state index contributed by atoms with van der Waals surface area (Å²) in [5.74, 6) is 0.180. The Morgan fingerprint density at radius 2 is 1.81 bits per heavy atom. The van der Waals surface area contributed by atoms with Crippen molar-refractivity contribution in [3.63, 3.8) is 0 Å². The zero-order valence-corrected chi connectivity index (χ0v) is 14.2. The molecule has 1 saturated heterocycles. The van der Waals surface area contributed by atoms with E-state index in [2.05, 4.69) is 20.8 Å². The molecule has 0 atom stereocenters. The summed E-state index contributed by atoms with van der Waals surface area (Å²) in [5.41, 5.74) is 1.89. The van der Waals surface area contributed by atoms with Gasteiger partial charge in [-0.25, -0.2) is 0 Å². The van der Waals surface area contributed by atoms with E-state index in [1.165, 1.54) is 25.7 Å². The monoisotopic (exact) mass is 350 g/mol. The molecule has 0 N–H and O–H groups in total. The Morgan fingerprint density at radius 3 is 2.48 bits per heavy atom. The van der Waals surface area contributed by atoms with Gasteiger partial charge in [0, 0.05) is 42.3 Å². The van der Waals surface area contributed by atoms with Gasteiger partial charge in [0.15, 0.2) is 0 Å². The van der Waals surface area contributed by atoms with Crippen LogP contribution < -0.4 is 0 Å². The second kappa shape index (κ2) is 6.49. The largest absolute Gasteiger partial charge is 0.336 e. The molecule has 0 spiro atoms. The van der Waals surface area contributed by atoms with E-state index in [-0.39, 0.29) is 5.91 Å². The lowest BCUT2D eigenvalue weighted by atomic mass is 10.1. The molecule has 4 heteroatoms. The number of hydrogen-bond donors (Lipinski definition) is 0. The molecule has 21 heavy (non-hydrogen) atoms. The van der Waals surface area contributed by atoms with Crippen LogP contribution in [0.4, 0.5) is 0 Å². The molecule has 2 aliphatic rings. The Labute approximate surface area is 135 Å². The van der Waals surface area contributed by atoms with Gasteiger partial charge in [0.1, 0.15) is 0 Å². The van der Waals surface area contributed by atoms with Crippen LogP contribution >= 0.6 is 15.9 Å². The van der Waals surface area contributed by atoms with Gasteiger partial charge in [0.25, 0.3) is 5.91 Å². The van der Waals surface area contributed by atoms with Crippen LogP contribution in [0.2, 0.25) is 0 Å². The van der Waals surface area contributed by atoms with Gasteiger partial charge in [0.2, 0.25) is 0 Å². The number of benzene rings is 1. The lowest BCUT2D eigenvalue weighted by Gasteiger charge is -2.38. The Bertz CT molecular complexity index is 518. The van der Waals surface area contributed by atoms with Gasteiger partial charge in [-0.2, -0.15) is 0 Å². The molecule has 114 valence electrons. The van der Waals surface area contributed by atoms with Gasteiger partial charge in [0.05, 0.1) is 0 Å². The molecule has 0 aromatic heterocycles. The summed E-state index contributed by atoms with van der Waals surface area (Å²) in [6.45, 7) is 5.80. The molecule has 1 heterocycles. The SMILES string of the molecule is Cc1ccc(Br)cc1C(=O)N1CCN(C2CCCC2)CC1. The maximum atomic E-state index is 12.7. The summed E-state index contributed by atoms with van der Waals surface area (Å²) < 4.78 is 0.973. The Morgan fingerprint density at radius 1 is 1.14 bits per heavy atom. The fourth-order valence-corrected chi connectivity index (χ4v) is 3.92. The number of hydrogen-bond acceptors (Lipinski definition) is 2. The quantitative estimate of drug-likeness (QED) is 0.815. The normalized spacial score (nSPS) is 21.0. The Kier molecular flexibility index (Phi) is 4.65. The first-order chi connectivity index (χ1) is 10.1. The molecular formula is C17H23BrN2O. The fraction of sp³-hybridized carbons (Fsp3) is 0.588. The van der Waals surface area contributed by atoms with Crippen molar-refractivity contribution >= 4 is 21.8 Å². The van der Waals surface area contributed by atoms with Gasteiger partial charge in [-0.05, 0) is 37.5 Å². The van der Waals surface area contributed by atoms with Crippen LogP contribution in [0.25, 0.3) is 0 Å². The number of nitrogens with zero attached hydrogens (tertiary/aromatic N) is 2. The molecular weight excluding hydrogens is 328 g/mol. The topological polar surface area (TPSA) is 23.6 Å². The highest BCUT2D eigenvalue weighted by molar-refractivity contribution is 9.10. The predicted molar refractivity (Wildman–Crippen MR) is 88.6 cm³/mol. The average Bonchev–Trinajstić information content (AvgIpc) is 3.03. The molecule has 1 aromatic carbocycles. The number of carbonyl (C=O) groups is 1. The molecule has 0 bridgehead atoms. The molecule has 3 nitrogen and oxygen atoms in total. The van der Waals surface area contributed by atoms with Gasteiger partial charge in [-0.3, -0.25) is 9.69 Å². The van der Waals surface area contributed by atoms with Gasteiger partial charge in [-0.15, -0.1) is 0 Å². The molecule has 2 fully saturated rings. The standard InChI is InChI=1S/C17H23BrN2O/c1-13-6-7-14(18)12-16(13)17(21)20-10-8-19(9-11-20)15-4-2-3-5-15/h6-7,12,15H,2-5,8-11H2,1H3. The number of carbonyl (C=O) groups excluding carboxylic acids is 1. The van der Waals surface area contributed by atoms with E-state index >= 15 is 0 Å². The molecule has 1 aliphatic heterocycles. The first kappa shape index (κ1) is 15.0. The van der Waals surface area contributed by atoms with E-state index in [0.717, 1.165) is 47.8 Å². The predicted octanol–water partition coefficient (Wildman–Crippen LogP) is 3.46. The van der Waals surface area contributed by atoms with E-state index in [1.807, 2.05) is 30.0 Å². The number of amides is 1. The first-order valence-electron chi connectivity index (χ1n) is 7.94.